The quantitative estimate of drug-likeness (QED) is 0.867. The molecule has 5 nitrogen and oxygen atoms in total. The predicted molar refractivity (Wildman–Crippen MR) is 73.8 cm³/mol. The van der Waals surface area contributed by atoms with Gasteiger partial charge in [-0.15, -0.1) is 0 Å². The molecule has 0 spiro atoms. The summed E-state index contributed by atoms with van der Waals surface area (Å²) >= 11 is 0. The Hall–Kier alpha value is -2.24. The van der Waals surface area contributed by atoms with Crippen molar-refractivity contribution in [1.82, 2.24) is 15.0 Å². The Morgan fingerprint density at radius 1 is 1.24 bits per heavy atom. The van der Waals surface area contributed by atoms with Crippen molar-refractivity contribution in [1.29, 1.82) is 0 Å². The molecule has 1 aliphatic heterocycles. The lowest BCUT2D eigenvalue weighted by atomic mass is 10.2. The van der Waals surface area contributed by atoms with Gasteiger partial charge in [0.25, 0.3) is 0 Å². The van der Waals surface area contributed by atoms with Crippen LogP contribution in [0.1, 0.15) is 25.2 Å². The zero-order valence-electron chi connectivity index (χ0n) is 11.6. The van der Waals surface area contributed by atoms with Gasteiger partial charge in [0.1, 0.15) is 5.82 Å². The normalized spacial score (nSPS) is 14.6. The Labute approximate surface area is 121 Å². The molecule has 0 unspecified atom stereocenters. The number of hydrogen-bond acceptors (Lipinski definition) is 4. The van der Waals surface area contributed by atoms with Gasteiger partial charge >= 0.3 is 0 Å². The lowest BCUT2D eigenvalue weighted by Gasteiger charge is -2.13. The van der Waals surface area contributed by atoms with Crippen LogP contribution in [0.4, 0.5) is 4.39 Å². The van der Waals surface area contributed by atoms with E-state index in [0.717, 1.165) is 25.9 Å². The van der Waals surface area contributed by atoms with Gasteiger partial charge in [-0.1, -0.05) is 5.16 Å². The number of likely N-dealkylation sites (tertiary alicyclic amines) is 1. The molecule has 1 fully saturated rings. The SMILES string of the molecule is O=C(CCc1nc(-c2ccc(F)cc2)no1)N1CCCC1. The van der Waals surface area contributed by atoms with Gasteiger partial charge in [0, 0.05) is 31.5 Å². The molecule has 1 aliphatic rings. The molecule has 0 aliphatic carbocycles. The van der Waals surface area contributed by atoms with Gasteiger partial charge in [0.2, 0.25) is 17.6 Å². The largest absolute Gasteiger partial charge is 0.343 e. The van der Waals surface area contributed by atoms with Gasteiger partial charge in [-0.2, -0.15) is 4.98 Å². The summed E-state index contributed by atoms with van der Waals surface area (Å²) in [6, 6.07) is 5.89. The van der Waals surface area contributed by atoms with E-state index in [0.29, 0.717) is 30.1 Å². The summed E-state index contributed by atoms with van der Waals surface area (Å²) in [6.45, 7) is 1.70. The van der Waals surface area contributed by atoms with E-state index >= 15 is 0 Å². The van der Waals surface area contributed by atoms with Crippen molar-refractivity contribution in [2.24, 2.45) is 0 Å². The Morgan fingerprint density at radius 2 is 1.95 bits per heavy atom. The summed E-state index contributed by atoms with van der Waals surface area (Å²) in [7, 11) is 0. The van der Waals surface area contributed by atoms with Gasteiger partial charge in [-0.3, -0.25) is 4.79 Å². The molecule has 6 heteroatoms. The average Bonchev–Trinajstić information content (AvgIpc) is 3.17. The van der Waals surface area contributed by atoms with E-state index in [1.54, 1.807) is 12.1 Å². The van der Waals surface area contributed by atoms with Gasteiger partial charge in [-0.25, -0.2) is 4.39 Å². The van der Waals surface area contributed by atoms with Crippen LogP contribution in [-0.2, 0) is 11.2 Å². The Kier molecular flexibility index (Phi) is 3.94. The molecule has 1 aromatic heterocycles. The second-order valence-electron chi connectivity index (χ2n) is 5.11. The second-order valence-corrected chi connectivity index (χ2v) is 5.11. The number of halogens is 1. The van der Waals surface area contributed by atoms with Crippen molar-refractivity contribution in [3.05, 3.63) is 36.0 Å². The number of aromatic nitrogens is 2. The molecule has 1 amide bonds. The fourth-order valence-corrected chi connectivity index (χ4v) is 2.41. The average molecular weight is 289 g/mol. The third-order valence-corrected chi connectivity index (χ3v) is 3.58. The zero-order chi connectivity index (χ0) is 14.7. The molecule has 110 valence electrons. The van der Waals surface area contributed by atoms with Crippen LogP contribution in [0.5, 0.6) is 0 Å². The Balaban J connectivity index is 1.60. The molecular weight excluding hydrogens is 273 g/mol. The molecular formula is C15H16FN3O2. The van der Waals surface area contributed by atoms with E-state index in [9.17, 15) is 9.18 Å². The maximum Gasteiger partial charge on any atom is 0.227 e. The summed E-state index contributed by atoms with van der Waals surface area (Å²) in [4.78, 5) is 18.0. The van der Waals surface area contributed by atoms with Crippen molar-refractivity contribution >= 4 is 5.91 Å². The van der Waals surface area contributed by atoms with E-state index in [1.807, 2.05) is 4.90 Å². The van der Waals surface area contributed by atoms with Crippen molar-refractivity contribution in [3.8, 4) is 11.4 Å². The van der Waals surface area contributed by atoms with Crippen LogP contribution in [-0.4, -0.2) is 34.0 Å². The number of nitrogens with zero attached hydrogens (tertiary/aromatic N) is 3. The van der Waals surface area contributed by atoms with Crippen LogP contribution in [0.25, 0.3) is 11.4 Å². The van der Waals surface area contributed by atoms with Crippen LogP contribution in [0.2, 0.25) is 0 Å². The number of hydrogen-bond donors (Lipinski definition) is 0. The van der Waals surface area contributed by atoms with Crippen LogP contribution in [0.3, 0.4) is 0 Å². The first-order chi connectivity index (χ1) is 10.2. The zero-order valence-corrected chi connectivity index (χ0v) is 11.6. The molecule has 1 aromatic carbocycles. The van der Waals surface area contributed by atoms with Crippen LogP contribution >= 0.6 is 0 Å². The monoisotopic (exact) mass is 289 g/mol. The highest BCUT2D eigenvalue weighted by Gasteiger charge is 2.18. The molecule has 3 rings (SSSR count). The van der Waals surface area contributed by atoms with Crippen molar-refractivity contribution < 1.29 is 13.7 Å². The van der Waals surface area contributed by atoms with Crippen molar-refractivity contribution in [3.63, 3.8) is 0 Å². The molecule has 0 radical (unpaired) electrons. The third kappa shape index (κ3) is 3.26. The smallest absolute Gasteiger partial charge is 0.227 e. The van der Waals surface area contributed by atoms with Crippen LogP contribution < -0.4 is 0 Å². The minimum Gasteiger partial charge on any atom is -0.343 e. The highest BCUT2D eigenvalue weighted by atomic mass is 19.1. The number of amides is 1. The van der Waals surface area contributed by atoms with Crippen LogP contribution in [0.15, 0.2) is 28.8 Å². The number of aryl methyl sites for hydroxylation is 1. The van der Waals surface area contributed by atoms with Gasteiger partial charge in [-0.05, 0) is 37.1 Å². The Morgan fingerprint density at radius 3 is 2.67 bits per heavy atom. The number of benzene rings is 1. The molecule has 2 aromatic rings. The van der Waals surface area contributed by atoms with Crippen molar-refractivity contribution in [2.75, 3.05) is 13.1 Å². The molecule has 0 N–H and O–H groups in total. The van der Waals surface area contributed by atoms with E-state index in [-0.39, 0.29) is 11.7 Å². The summed E-state index contributed by atoms with van der Waals surface area (Å²) in [5, 5.41) is 3.86. The molecule has 0 bridgehead atoms. The third-order valence-electron chi connectivity index (χ3n) is 3.58. The van der Waals surface area contributed by atoms with Gasteiger partial charge in [0.05, 0.1) is 0 Å². The fourth-order valence-electron chi connectivity index (χ4n) is 2.41. The first kappa shape index (κ1) is 13.7. The first-order valence-corrected chi connectivity index (χ1v) is 7.09. The van der Waals surface area contributed by atoms with E-state index < -0.39 is 0 Å². The standard InChI is InChI=1S/C15H16FN3O2/c16-12-5-3-11(4-6-12)15-17-13(21-18-15)7-8-14(20)19-9-1-2-10-19/h3-6H,1-2,7-10H2. The number of rotatable bonds is 4. The summed E-state index contributed by atoms with van der Waals surface area (Å²) in [6.07, 6.45) is 2.98. The first-order valence-electron chi connectivity index (χ1n) is 7.09. The molecule has 21 heavy (non-hydrogen) atoms. The minimum atomic E-state index is -0.307. The highest BCUT2D eigenvalue weighted by molar-refractivity contribution is 5.76. The summed E-state index contributed by atoms with van der Waals surface area (Å²) in [5.41, 5.74) is 0.692. The summed E-state index contributed by atoms with van der Waals surface area (Å²) in [5.74, 6) is 0.674. The number of carbonyl (C=O) groups is 1. The second kappa shape index (κ2) is 6.03. The maximum atomic E-state index is 12.9. The highest BCUT2D eigenvalue weighted by Crippen LogP contribution is 2.17. The molecule has 0 saturated carbocycles. The molecule has 1 saturated heterocycles. The lowest BCUT2D eigenvalue weighted by Crippen LogP contribution is -2.27. The Bertz CT molecular complexity index is 618. The summed E-state index contributed by atoms with van der Waals surface area (Å²) < 4.78 is 18.0. The lowest BCUT2D eigenvalue weighted by molar-refractivity contribution is -0.130. The minimum absolute atomic E-state index is 0.133. The van der Waals surface area contributed by atoms with Crippen molar-refractivity contribution in [2.45, 2.75) is 25.7 Å². The molecule has 2 heterocycles. The van der Waals surface area contributed by atoms with Crippen LogP contribution in [0, 0.1) is 5.82 Å². The predicted octanol–water partition coefficient (Wildman–Crippen LogP) is 2.43. The van der Waals surface area contributed by atoms with E-state index in [4.69, 9.17) is 4.52 Å². The fraction of sp³-hybridized carbons (Fsp3) is 0.400. The van der Waals surface area contributed by atoms with Gasteiger partial charge < -0.3 is 9.42 Å². The van der Waals surface area contributed by atoms with E-state index in [1.165, 1.54) is 12.1 Å². The maximum absolute atomic E-state index is 12.9. The number of carbonyl (C=O) groups excluding carboxylic acids is 1. The molecule has 0 atom stereocenters. The van der Waals surface area contributed by atoms with E-state index in [2.05, 4.69) is 10.1 Å². The topological polar surface area (TPSA) is 59.2 Å². The van der Waals surface area contributed by atoms with Gasteiger partial charge in [0.15, 0.2) is 0 Å².